The van der Waals surface area contributed by atoms with E-state index in [9.17, 15) is 5.11 Å². The Morgan fingerprint density at radius 2 is 1.75 bits per heavy atom. The van der Waals surface area contributed by atoms with Crippen LogP contribution in [0.3, 0.4) is 0 Å². The first kappa shape index (κ1) is 13.7. The quantitative estimate of drug-likeness (QED) is 0.900. The van der Waals surface area contributed by atoms with Crippen molar-refractivity contribution < 1.29 is 9.84 Å². The lowest BCUT2D eigenvalue weighted by Crippen LogP contribution is -2.01. The van der Waals surface area contributed by atoms with Gasteiger partial charge in [-0.15, -0.1) is 0 Å². The molecule has 3 heteroatoms. The van der Waals surface area contributed by atoms with Gasteiger partial charge in [-0.05, 0) is 54.7 Å². The molecular weight excluding hydrogens is 316 g/mol. The molecule has 0 saturated heterocycles. The lowest BCUT2D eigenvalue weighted by Gasteiger charge is -2.13. The van der Waals surface area contributed by atoms with Crippen molar-refractivity contribution in [1.29, 1.82) is 0 Å². The summed E-state index contributed by atoms with van der Waals surface area (Å²) in [6.45, 7) is 2.03. The maximum absolute atomic E-state index is 10.4. The van der Waals surface area contributed by atoms with Crippen molar-refractivity contribution in [2.24, 2.45) is 0 Å². The minimum atomic E-state index is -0.609. The Bertz CT molecular complexity index is 603. The first-order chi connectivity index (χ1) is 9.63. The predicted molar refractivity (Wildman–Crippen MR) is 83.0 cm³/mol. The van der Waals surface area contributed by atoms with Crippen LogP contribution in [0.25, 0.3) is 0 Å². The van der Waals surface area contributed by atoms with Crippen LogP contribution in [0.4, 0.5) is 0 Å². The highest BCUT2D eigenvalue weighted by molar-refractivity contribution is 9.10. The smallest absolute Gasteiger partial charge is 0.119 e. The van der Waals surface area contributed by atoms with Gasteiger partial charge in [0.1, 0.15) is 11.9 Å². The lowest BCUT2D eigenvalue weighted by molar-refractivity contribution is 0.220. The summed E-state index contributed by atoms with van der Waals surface area (Å²) in [6.07, 6.45) is 2.10. The number of rotatable bonds is 4. The fourth-order valence-electron chi connectivity index (χ4n) is 2.08. The van der Waals surface area contributed by atoms with Crippen LogP contribution in [-0.2, 0) is 0 Å². The second-order valence-electron chi connectivity index (χ2n) is 5.30. The van der Waals surface area contributed by atoms with E-state index >= 15 is 0 Å². The zero-order valence-corrected chi connectivity index (χ0v) is 12.9. The van der Waals surface area contributed by atoms with Crippen molar-refractivity contribution in [2.75, 3.05) is 0 Å². The van der Waals surface area contributed by atoms with E-state index in [1.54, 1.807) is 0 Å². The molecular formula is C17H17BrO2. The van der Waals surface area contributed by atoms with E-state index in [1.807, 2.05) is 49.4 Å². The Hall–Kier alpha value is -1.32. The van der Waals surface area contributed by atoms with E-state index in [4.69, 9.17) is 4.74 Å². The molecule has 0 aromatic heterocycles. The third-order valence-electron chi connectivity index (χ3n) is 3.53. The van der Waals surface area contributed by atoms with Gasteiger partial charge in [-0.25, -0.2) is 0 Å². The Morgan fingerprint density at radius 3 is 2.35 bits per heavy atom. The van der Waals surface area contributed by atoms with Crippen molar-refractivity contribution in [2.45, 2.75) is 32.0 Å². The molecule has 104 valence electrons. The van der Waals surface area contributed by atoms with Crippen molar-refractivity contribution in [3.63, 3.8) is 0 Å². The van der Waals surface area contributed by atoms with Gasteiger partial charge in [0.25, 0.3) is 0 Å². The largest absolute Gasteiger partial charge is 0.490 e. The summed E-state index contributed by atoms with van der Waals surface area (Å²) >= 11 is 3.50. The van der Waals surface area contributed by atoms with Gasteiger partial charge in [0.05, 0.1) is 6.10 Å². The average molecular weight is 333 g/mol. The third kappa shape index (κ3) is 3.05. The molecule has 0 spiro atoms. The molecule has 1 saturated carbocycles. The van der Waals surface area contributed by atoms with Crippen molar-refractivity contribution >= 4 is 15.9 Å². The molecule has 2 nitrogen and oxygen atoms in total. The highest BCUT2D eigenvalue weighted by atomic mass is 79.9. The molecule has 1 aliphatic carbocycles. The topological polar surface area (TPSA) is 29.5 Å². The third-order valence-corrected chi connectivity index (χ3v) is 4.39. The van der Waals surface area contributed by atoms with E-state index in [2.05, 4.69) is 15.9 Å². The van der Waals surface area contributed by atoms with Crippen molar-refractivity contribution in [3.8, 4) is 5.75 Å². The van der Waals surface area contributed by atoms with Gasteiger partial charge in [-0.3, -0.25) is 0 Å². The fourth-order valence-corrected chi connectivity index (χ4v) is 2.48. The molecule has 0 amide bonds. The summed E-state index contributed by atoms with van der Waals surface area (Å²) in [6, 6.07) is 13.6. The van der Waals surface area contributed by atoms with Crippen LogP contribution in [-0.4, -0.2) is 11.2 Å². The maximum atomic E-state index is 10.4. The van der Waals surface area contributed by atoms with Crippen LogP contribution in [0.2, 0.25) is 0 Å². The number of aryl methyl sites for hydroxylation is 1. The summed E-state index contributed by atoms with van der Waals surface area (Å²) in [5.74, 6) is 0.883. The summed E-state index contributed by atoms with van der Waals surface area (Å²) in [5, 5.41) is 10.4. The van der Waals surface area contributed by atoms with Crippen LogP contribution in [0.1, 0.15) is 35.6 Å². The van der Waals surface area contributed by atoms with E-state index in [0.29, 0.717) is 6.10 Å². The van der Waals surface area contributed by atoms with E-state index < -0.39 is 6.10 Å². The van der Waals surface area contributed by atoms with Crippen LogP contribution in [0.15, 0.2) is 46.9 Å². The second-order valence-corrected chi connectivity index (χ2v) is 6.15. The highest BCUT2D eigenvalue weighted by Crippen LogP contribution is 2.30. The molecule has 2 aromatic carbocycles. The first-order valence-corrected chi connectivity index (χ1v) is 7.63. The Balaban J connectivity index is 1.78. The van der Waals surface area contributed by atoms with Gasteiger partial charge >= 0.3 is 0 Å². The molecule has 1 atom stereocenters. The zero-order valence-electron chi connectivity index (χ0n) is 11.3. The molecule has 1 fully saturated rings. The summed E-state index contributed by atoms with van der Waals surface area (Å²) in [4.78, 5) is 0. The summed E-state index contributed by atoms with van der Waals surface area (Å²) in [5.41, 5.74) is 2.93. The Morgan fingerprint density at radius 1 is 1.10 bits per heavy atom. The molecule has 3 rings (SSSR count). The summed E-state index contributed by atoms with van der Waals surface area (Å²) < 4.78 is 6.73. The molecule has 1 unspecified atom stereocenters. The van der Waals surface area contributed by atoms with Crippen LogP contribution >= 0.6 is 15.9 Å². The number of hydrogen-bond donors (Lipinski definition) is 1. The monoisotopic (exact) mass is 332 g/mol. The SMILES string of the molecule is Cc1ccc(C(O)c2ccc(OC3CC3)cc2)cc1Br. The van der Waals surface area contributed by atoms with Crippen LogP contribution in [0, 0.1) is 6.92 Å². The fraction of sp³-hybridized carbons (Fsp3) is 0.294. The molecule has 0 radical (unpaired) electrons. The average Bonchev–Trinajstić information content (AvgIpc) is 3.26. The molecule has 2 aromatic rings. The molecule has 1 N–H and O–H groups in total. The van der Waals surface area contributed by atoms with Crippen molar-refractivity contribution in [3.05, 3.63) is 63.6 Å². The normalized spacial score (nSPS) is 15.9. The van der Waals surface area contributed by atoms with E-state index in [1.165, 1.54) is 0 Å². The molecule has 0 aliphatic heterocycles. The number of aliphatic hydroxyl groups excluding tert-OH is 1. The first-order valence-electron chi connectivity index (χ1n) is 6.84. The Kier molecular flexibility index (Phi) is 3.81. The van der Waals surface area contributed by atoms with Gasteiger partial charge in [0.15, 0.2) is 0 Å². The number of aliphatic hydroxyl groups is 1. The minimum absolute atomic E-state index is 0.402. The van der Waals surface area contributed by atoms with Gasteiger partial charge in [0, 0.05) is 4.47 Å². The van der Waals surface area contributed by atoms with Crippen LogP contribution < -0.4 is 4.74 Å². The maximum Gasteiger partial charge on any atom is 0.119 e. The molecule has 0 heterocycles. The number of halogens is 1. The standard InChI is InChI=1S/C17H17BrO2/c1-11-2-3-13(10-16(11)18)17(19)12-4-6-14(7-5-12)20-15-8-9-15/h2-7,10,15,17,19H,8-9H2,1H3. The lowest BCUT2D eigenvalue weighted by atomic mass is 10.0. The number of ether oxygens (including phenoxy) is 1. The predicted octanol–water partition coefficient (Wildman–Crippen LogP) is 4.38. The highest BCUT2D eigenvalue weighted by Gasteiger charge is 2.23. The van der Waals surface area contributed by atoms with Gasteiger partial charge in [-0.2, -0.15) is 0 Å². The minimum Gasteiger partial charge on any atom is -0.490 e. The van der Waals surface area contributed by atoms with Gasteiger partial charge in [-0.1, -0.05) is 40.2 Å². The zero-order chi connectivity index (χ0) is 14.1. The summed E-state index contributed by atoms with van der Waals surface area (Å²) in [7, 11) is 0. The second kappa shape index (κ2) is 5.58. The van der Waals surface area contributed by atoms with E-state index in [0.717, 1.165) is 39.8 Å². The molecule has 0 bridgehead atoms. The van der Waals surface area contributed by atoms with Gasteiger partial charge < -0.3 is 9.84 Å². The van der Waals surface area contributed by atoms with Gasteiger partial charge in [0.2, 0.25) is 0 Å². The Labute approximate surface area is 127 Å². The van der Waals surface area contributed by atoms with E-state index in [-0.39, 0.29) is 0 Å². The number of benzene rings is 2. The molecule has 1 aliphatic rings. The number of hydrogen-bond acceptors (Lipinski definition) is 2. The van der Waals surface area contributed by atoms with Crippen LogP contribution in [0.5, 0.6) is 5.75 Å². The molecule has 20 heavy (non-hydrogen) atoms. The van der Waals surface area contributed by atoms with Crippen molar-refractivity contribution in [1.82, 2.24) is 0 Å².